The van der Waals surface area contributed by atoms with Crippen LogP contribution in [0.15, 0.2) is 72.8 Å². The Morgan fingerprint density at radius 1 is 1.02 bits per heavy atom. The molecule has 42 heavy (non-hydrogen) atoms. The number of non-ortho nitro benzene ring substituents is 1. The largest absolute Gasteiger partial charge is 0.354 e. The average Bonchev–Trinajstić information content (AvgIpc) is 2.93. The zero-order chi connectivity index (χ0) is 31.0. The molecule has 0 unspecified atom stereocenters. The molecule has 0 aliphatic heterocycles. The lowest BCUT2D eigenvalue weighted by atomic mass is 10.0. The van der Waals surface area contributed by atoms with Crippen molar-refractivity contribution in [2.45, 2.75) is 39.8 Å². The van der Waals surface area contributed by atoms with Crippen molar-refractivity contribution >= 4 is 33.2 Å². The molecular weight excluding hydrogens is 563 g/mol. The van der Waals surface area contributed by atoms with E-state index in [2.05, 4.69) is 5.32 Å². The second-order valence-corrected chi connectivity index (χ2v) is 12.4. The topological polar surface area (TPSA) is 130 Å². The van der Waals surface area contributed by atoms with Crippen molar-refractivity contribution in [3.8, 4) is 0 Å². The van der Waals surface area contributed by atoms with Crippen LogP contribution in [0.3, 0.4) is 0 Å². The van der Waals surface area contributed by atoms with Gasteiger partial charge >= 0.3 is 0 Å². The van der Waals surface area contributed by atoms with E-state index >= 15 is 0 Å². The lowest BCUT2D eigenvalue weighted by molar-refractivity contribution is -0.384. The fraction of sp³-hybridized carbons (Fsp3) is 0.333. The number of carbonyl (C=O) groups excluding carboxylic acids is 2. The van der Waals surface area contributed by atoms with Crippen LogP contribution in [0.1, 0.15) is 30.5 Å². The molecule has 0 aliphatic rings. The van der Waals surface area contributed by atoms with Crippen molar-refractivity contribution in [3.63, 3.8) is 0 Å². The number of aryl methyl sites for hydroxylation is 1. The number of hydrogen-bond donors (Lipinski definition) is 1. The molecule has 0 saturated heterocycles. The van der Waals surface area contributed by atoms with E-state index in [1.165, 1.54) is 35.2 Å². The van der Waals surface area contributed by atoms with Crippen molar-refractivity contribution in [1.82, 2.24) is 10.2 Å². The maximum absolute atomic E-state index is 14.8. The summed E-state index contributed by atoms with van der Waals surface area (Å²) in [5.41, 5.74) is 0.862. The fourth-order valence-corrected chi connectivity index (χ4v) is 5.26. The van der Waals surface area contributed by atoms with Gasteiger partial charge < -0.3 is 10.2 Å². The third-order valence-corrected chi connectivity index (χ3v) is 7.73. The van der Waals surface area contributed by atoms with Gasteiger partial charge in [0.2, 0.25) is 21.8 Å². The summed E-state index contributed by atoms with van der Waals surface area (Å²) in [5.74, 6) is -1.74. The predicted octanol–water partition coefficient (Wildman–Crippen LogP) is 4.22. The molecule has 3 aromatic carbocycles. The summed E-state index contributed by atoms with van der Waals surface area (Å²) < 4.78 is 41.5. The van der Waals surface area contributed by atoms with E-state index in [1.807, 2.05) is 19.9 Å². The van der Waals surface area contributed by atoms with Gasteiger partial charge in [-0.25, -0.2) is 12.8 Å². The quantitative estimate of drug-likeness (QED) is 0.232. The van der Waals surface area contributed by atoms with Gasteiger partial charge in [-0.15, -0.1) is 0 Å². The molecule has 0 aliphatic carbocycles. The lowest BCUT2D eigenvalue weighted by Gasteiger charge is -2.34. The molecule has 0 saturated carbocycles. The highest BCUT2D eigenvalue weighted by Crippen LogP contribution is 2.28. The Morgan fingerprint density at radius 2 is 1.67 bits per heavy atom. The maximum atomic E-state index is 14.8. The molecule has 0 bridgehead atoms. The molecule has 3 rings (SSSR count). The number of benzene rings is 3. The van der Waals surface area contributed by atoms with Crippen molar-refractivity contribution in [1.29, 1.82) is 0 Å². The summed E-state index contributed by atoms with van der Waals surface area (Å²) in [6.07, 6.45) is 0.968. The zero-order valence-corrected chi connectivity index (χ0v) is 24.8. The van der Waals surface area contributed by atoms with Crippen LogP contribution < -0.4 is 9.62 Å². The minimum Gasteiger partial charge on any atom is -0.354 e. The van der Waals surface area contributed by atoms with Crippen LogP contribution in [0.25, 0.3) is 0 Å². The summed E-state index contributed by atoms with van der Waals surface area (Å²) in [6.45, 7) is 4.65. The molecular formula is C30H35FN4O6S. The maximum Gasteiger partial charge on any atom is 0.271 e. The molecule has 0 spiro atoms. The Bertz CT molecular complexity index is 1530. The number of nitrogens with one attached hydrogen (secondary N) is 1. The minimum atomic E-state index is -4.13. The molecule has 1 N–H and O–H groups in total. The Labute approximate surface area is 245 Å². The van der Waals surface area contributed by atoms with Crippen molar-refractivity contribution in [2.24, 2.45) is 5.92 Å². The van der Waals surface area contributed by atoms with Crippen LogP contribution in [-0.4, -0.2) is 55.4 Å². The van der Waals surface area contributed by atoms with Crippen LogP contribution in [0.2, 0.25) is 0 Å². The molecule has 2 amide bonds. The second kappa shape index (κ2) is 14.0. The van der Waals surface area contributed by atoms with Gasteiger partial charge in [-0.2, -0.15) is 0 Å². The van der Waals surface area contributed by atoms with Gasteiger partial charge in [-0.05, 0) is 30.0 Å². The van der Waals surface area contributed by atoms with Gasteiger partial charge in [-0.3, -0.25) is 24.0 Å². The van der Waals surface area contributed by atoms with Gasteiger partial charge in [0.25, 0.3) is 5.69 Å². The number of anilines is 1. The summed E-state index contributed by atoms with van der Waals surface area (Å²) in [4.78, 5) is 39.6. The highest BCUT2D eigenvalue weighted by Gasteiger charge is 2.34. The van der Waals surface area contributed by atoms with E-state index in [9.17, 15) is 32.5 Å². The summed E-state index contributed by atoms with van der Waals surface area (Å²) in [5, 5.41) is 14.3. The van der Waals surface area contributed by atoms with E-state index in [1.54, 1.807) is 37.3 Å². The Hall–Kier alpha value is -4.32. The molecule has 3 aromatic rings. The first-order valence-corrected chi connectivity index (χ1v) is 15.2. The molecule has 12 heteroatoms. The highest BCUT2D eigenvalue weighted by atomic mass is 32.2. The van der Waals surface area contributed by atoms with Crippen LogP contribution in [0, 0.1) is 28.8 Å². The highest BCUT2D eigenvalue weighted by molar-refractivity contribution is 7.92. The van der Waals surface area contributed by atoms with Crippen LogP contribution >= 0.6 is 0 Å². The van der Waals surface area contributed by atoms with E-state index < -0.39 is 45.2 Å². The first kappa shape index (κ1) is 32.2. The van der Waals surface area contributed by atoms with Gasteiger partial charge in [0, 0.05) is 37.2 Å². The normalized spacial score (nSPS) is 12.0. The number of nitro benzene ring substituents is 1. The first-order valence-electron chi connectivity index (χ1n) is 13.3. The Balaban J connectivity index is 2.11. The molecule has 0 fully saturated rings. The standard InChI is InChI=1S/C30H35FN4O6S/c1-21(2)18-32-30(37)28(16-23-10-6-5-7-11-23)33(19-24-12-8-9-13-26(24)31)29(36)20-34(42(4,40)41)27-17-25(35(38)39)15-14-22(27)3/h5-15,17,21,28H,16,18-20H2,1-4H3,(H,32,37)/t28-/m1/s1. The minimum absolute atomic E-state index is 0.0465. The summed E-state index contributed by atoms with van der Waals surface area (Å²) in [6, 6.07) is 17.4. The van der Waals surface area contributed by atoms with Crippen LogP contribution in [0.5, 0.6) is 0 Å². The van der Waals surface area contributed by atoms with E-state index in [0.29, 0.717) is 12.1 Å². The fourth-order valence-electron chi connectivity index (χ4n) is 4.36. The molecule has 10 nitrogen and oxygen atoms in total. The van der Waals surface area contributed by atoms with E-state index in [0.717, 1.165) is 22.2 Å². The third-order valence-electron chi connectivity index (χ3n) is 6.61. The third kappa shape index (κ3) is 8.59. The number of nitrogens with zero attached hydrogens (tertiary/aromatic N) is 3. The number of sulfonamides is 1. The monoisotopic (exact) mass is 598 g/mol. The molecule has 0 aromatic heterocycles. The Kier molecular flexibility index (Phi) is 10.8. The number of halogens is 1. The number of hydrogen-bond acceptors (Lipinski definition) is 6. The van der Waals surface area contributed by atoms with Gasteiger partial charge in [0.15, 0.2) is 0 Å². The number of amides is 2. The SMILES string of the molecule is Cc1ccc([N+](=O)[O-])cc1N(CC(=O)N(Cc1ccccc1F)[C@H](Cc1ccccc1)C(=O)NCC(C)C)S(C)(=O)=O. The van der Waals surface area contributed by atoms with Crippen LogP contribution in [0.4, 0.5) is 15.8 Å². The number of rotatable bonds is 13. The van der Waals surface area contributed by atoms with Crippen LogP contribution in [-0.2, 0) is 32.6 Å². The Morgan fingerprint density at radius 3 is 2.26 bits per heavy atom. The second-order valence-electron chi connectivity index (χ2n) is 10.5. The van der Waals surface area contributed by atoms with E-state index in [4.69, 9.17) is 0 Å². The number of nitro groups is 1. The predicted molar refractivity (Wildman–Crippen MR) is 159 cm³/mol. The lowest BCUT2D eigenvalue weighted by Crippen LogP contribution is -2.53. The van der Waals surface area contributed by atoms with Crippen molar-refractivity contribution in [2.75, 3.05) is 23.7 Å². The molecule has 224 valence electrons. The van der Waals surface area contributed by atoms with Crippen molar-refractivity contribution in [3.05, 3.63) is 105 Å². The van der Waals surface area contributed by atoms with Gasteiger partial charge in [0.1, 0.15) is 18.4 Å². The van der Waals surface area contributed by atoms with Crippen molar-refractivity contribution < 1.29 is 27.3 Å². The van der Waals surface area contributed by atoms with Gasteiger partial charge in [0.05, 0.1) is 16.9 Å². The smallest absolute Gasteiger partial charge is 0.271 e. The van der Waals surface area contributed by atoms with E-state index in [-0.39, 0.29) is 35.8 Å². The zero-order valence-electron chi connectivity index (χ0n) is 24.0. The number of carbonyl (C=O) groups is 2. The summed E-state index contributed by atoms with van der Waals surface area (Å²) >= 11 is 0. The molecule has 1 atom stereocenters. The molecule has 0 heterocycles. The molecule has 0 radical (unpaired) electrons. The first-order chi connectivity index (χ1) is 19.8. The van der Waals surface area contributed by atoms with Gasteiger partial charge in [-0.1, -0.05) is 68.4 Å². The summed E-state index contributed by atoms with van der Waals surface area (Å²) in [7, 11) is -4.13. The average molecular weight is 599 g/mol.